The van der Waals surface area contributed by atoms with Crippen molar-refractivity contribution in [1.82, 2.24) is 5.01 Å². The van der Waals surface area contributed by atoms with Crippen LogP contribution in [0.15, 0.2) is 18.2 Å². The topological polar surface area (TPSA) is 50.5 Å². The minimum Gasteiger partial charge on any atom is -0.491 e. The number of hydrogen-bond acceptors (Lipinski definition) is 3. The molecule has 0 aliphatic heterocycles. The van der Waals surface area contributed by atoms with Gasteiger partial charge in [-0.3, -0.25) is 5.01 Å². The Morgan fingerprint density at radius 1 is 1.40 bits per heavy atom. The Morgan fingerprint density at radius 3 is 2.45 bits per heavy atom. The first-order valence-corrected chi connectivity index (χ1v) is 6.19. The van der Waals surface area contributed by atoms with Crippen molar-refractivity contribution >= 4 is 23.0 Å². The van der Waals surface area contributed by atoms with E-state index in [0.717, 1.165) is 11.1 Å². The number of hydrazine groups is 1. The highest BCUT2D eigenvalue weighted by atomic mass is 32.1. The van der Waals surface area contributed by atoms with Crippen molar-refractivity contribution in [1.29, 1.82) is 0 Å². The third-order valence-corrected chi connectivity index (χ3v) is 2.62. The van der Waals surface area contributed by atoms with E-state index in [9.17, 15) is 13.2 Å². The van der Waals surface area contributed by atoms with Gasteiger partial charge < -0.3 is 10.1 Å². The molecule has 0 fully saturated rings. The molecule has 0 spiro atoms. The Hall–Kier alpha value is -1.54. The number of alkyl halides is 3. The molecular weight excluding hydrogens is 291 g/mol. The molecule has 0 unspecified atom stereocenters. The molecule has 0 amide bonds. The predicted octanol–water partition coefficient (Wildman–Crippen LogP) is 2.99. The average Bonchev–Trinajstić information content (AvgIpc) is 2.28. The van der Waals surface area contributed by atoms with Crippen molar-refractivity contribution < 1.29 is 17.9 Å². The van der Waals surface area contributed by atoms with Gasteiger partial charge in [0.15, 0.2) is 5.11 Å². The molecule has 0 radical (unpaired) electrons. The van der Waals surface area contributed by atoms with Gasteiger partial charge in [0.25, 0.3) is 0 Å². The Kier molecular flexibility index (Phi) is 5.18. The van der Waals surface area contributed by atoms with Crippen molar-refractivity contribution in [2.75, 3.05) is 12.4 Å². The molecule has 0 saturated heterocycles. The summed E-state index contributed by atoms with van der Waals surface area (Å²) in [5, 5.41) is 3.46. The van der Waals surface area contributed by atoms with Gasteiger partial charge >= 0.3 is 6.18 Å². The number of thiocarbonyl (C=S) groups is 1. The largest absolute Gasteiger partial charge is 0.491 e. The Labute approximate surface area is 120 Å². The van der Waals surface area contributed by atoms with Gasteiger partial charge in [-0.1, -0.05) is 0 Å². The molecule has 0 aromatic heterocycles. The number of hydrogen-bond donors (Lipinski definition) is 2. The zero-order valence-corrected chi connectivity index (χ0v) is 12.1. The molecule has 1 rings (SSSR count). The van der Waals surface area contributed by atoms with Crippen LogP contribution in [0.4, 0.5) is 18.9 Å². The molecule has 1 aromatic carbocycles. The molecule has 0 saturated carbocycles. The lowest BCUT2D eigenvalue weighted by Gasteiger charge is -2.20. The second kappa shape index (κ2) is 6.27. The molecule has 0 heterocycles. The third kappa shape index (κ3) is 4.53. The highest BCUT2D eigenvalue weighted by Gasteiger charge is 2.34. The van der Waals surface area contributed by atoms with Crippen molar-refractivity contribution in [2.24, 2.45) is 5.84 Å². The minimum atomic E-state index is -4.53. The monoisotopic (exact) mass is 307 g/mol. The predicted molar refractivity (Wildman–Crippen MR) is 75.4 cm³/mol. The number of anilines is 1. The number of ether oxygens (including phenoxy) is 1. The van der Waals surface area contributed by atoms with Gasteiger partial charge in [0.05, 0.1) is 17.4 Å². The second-order valence-electron chi connectivity index (χ2n) is 4.41. The summed E-state index contributed by atoms with van der Waals surface area (Å²) in [5.74, 6) is 5.51. The van der Waals surface area contributed by atoms with Crippen molar-refractivity contribution in [3.05, 3.63) is 23.8 Å². The van der Waals surface area contributed by atoms with E-state index in [4.69, 9.17) is 22.8 Å². The lowest BCUT2D eigenvalue weighted by atomic mass is 10.1. The van der Waals surface area contributed by atoms with Gasteiger partial charge in [-0.05, 0) is 44.3 Å². The Morgan fingerprint density at radius 2 is 2.00 bits per heavy atom. The Bertz CT molecular complexity index is 489. The maximum atomic E-state index is 13.0. The molecule has 3 N–H and O–H groups in total. The maximum absolute atomic E-state index is 13.0. The lowest BCUT2D eigenvalue weighted by Crippen LogP contribution is -2.37. The molecular formula is C12H16F3N3OS. The van der Waals surface area contributed by atoms with E-state index in [0.29, 0.717) is 0 Å². The number of nitrogens with two attached hydrogens (primary N) is 1. The number of nitrogens with zero attached hydrogens (tertiary/aromatic N) is 1. The average molecular weight is 307 g/mol. The van der Waals surface area contributed by atoms with Crippen molar-refractivity contribution in [3.8, 4) is 5.75 Å². The first kappa shape index (κ1) is 16.5. The number of halogens is 3. The molecule has 1 aromatic rings. The van der Waals surface area contributed by atoms with E-state index >= 15 is 0 Å². The van der Waals surface area contributed by atoms with Gasteiger partial charge in [0.2, 0.25) is 0 Å². The summed E-state index contributed by atoms with van der Waals surface area (Å²) in [6.45, 7) is 3.47. The van der Waals surface area contributed by atoms with E-state index in [-0.39, 0.29) is 22.7 Å². The summed E-state index contributed by atoms with van der Waals surface area (Å²) in [6, 6.07) is 3.63. The minimum absolute atomic E-state index is 0.0203. The summed E-state index contributed by atoms with van der Waals surface area (Å²) < 4.78 is 44.4. The van der Waals surface area contributed by atoms with Gasteiger partial charge in [-0.15, -0.1) is 0 Å². The molecule has 4 nitrogen and oxygen atoms in total. The summed E-state index contributed by atoms with van der Waals surface area (Å²) >= 11 is 4.84. The van der Waals surface area contributed by atoms with Crippen molar-refractivity contribution in [3.63, 3.8) is 0 Å². The molecule has 0 atom stereocenters. The second-order valence-corrected chi connectivity index (χ2v) is 4.80. The summed E-state index contributed by atoms with van der Waals surface area (Å²) in [7, 11) is 1.43. The highest BCUT2D eigenvalue weighted by molar-refractivity contribution is 7.80. The van der Waals surface area contributed by atoms with Crippen LogP contribution in [-0.4, -0.2) is 23.3 Å². The van der Waals surface area contributed by atoms with Gasteiger partial charge in [-0.2, -0.15) is 13.2 Å². The van der Waals surface area contributed by atoms with Gasteiger partial charge in [0, 0.05) is 7.05 Å². The van der Waals surface area contributed by atoms with E-state index in [1.807, 2.05) is 0 Å². The fourth-order valence-corrected chi connectivity index (χ4v) is 1.53. The molecule has 112 valence electrons. The van der Waals surface area contributed by atoms with Crippen LogP contribution in [0, 0.1) is 0 Å². The van der Waals surface area contributed by atoms with Crippen LogP contribution in [0.3, 0.4) is 0 Å². The van der Waals surface area contributed by atoms with Crippen LogP contribution in [0.25, 0.3) is 0 Å². The van der Waals surface area contributed by atoms with E-state index < -0.39 is 11.7 Å². The van der Waals surface area contributed by atoms with E-state index in [1.54, 1.807) is 13.8 Å². The first-order valence-electron chi connectivity index (χ1n) is 5.78. The SMILES string of the molecule is CC(C)Oc1ccc(NC(=S)N(C)N)c(C(F)(F)F)c1. The summed E-state index contributed by atoms with van der Waals surface area (Å²) in [6.07, 6.45) is -4.74. The lowest BCUT2D eigenvalue weighted by molar-refractivity contribution is -0.137. The first-order chi connectivity index (χ1) is 9.11. The van der Waals surface area contributed by atoms with Crippen LogP contribution in [0.1, 0.15) is 19.4 Å². The highest BCUT2D eigenvalue weighted by Crippen LogP contribution is 2.37. The summed E-state index contributed by atoms with van der Waals surface area (Å²) in [5.41, 5.74) is -1.03. The molecule has 20 heavy (non-hydrogen) atoms. The number of rotatable bonds is 3. The normalized spacial score (nSPS) is 11.4. The van der Waals surface area contributed by atoms with Gasteiger partial charge in [0.1, 0.15) is 5.75 Å². The fraction of sp³-hybridized carbons (Fsp3) is 0.417. The molecule has 8 heteroatoms. The van der Waals surface area contributed by atoms with Crippen LogP contribution >= 0.6 is 12.2 Å². The Balaban J connectivity index is 3.14. The zero-order chi connectivity index (χ0) is 15.5. The smallest absolute Gasteiger partial charge is 0.418 e. The standard InChI is InChI=1S/C12H16F3N3OS/c1-7(2)19-8-4-5-10(17-11(20)18(3)16)9(6-8)12(13,14)15/h4-7H,16H2,1-3H3,(H,17,20). The van der Waals surface area contributed by atoms with Crippen molar-refractivity contribution in [2.45, 2.75) is 26.1 Å². The summed E-state index contributed by atoms with van der Waals surface area (Å²) in [4.78, 5) is 0. The number of benzene rings is 1. The molecule has 0 bridgehead atoms. The fourth-order valence-electron chi connectivity index (χ4n) is 1.42. The van der Waals surface area contributed by atoms with Crippen LogP contribution in [0.5, 0.6) is 5.75 Å². The van der Waals surface area contributed by atoms with Crippen LogP contribution in [-0.2, 0) is 6.18 Å². The van der Waals surface area contributed by atoms with Crippen LogP contribution < -0.4 is 15.9 Å². The van der Waals surface area contributed by atoms with Crippen LogP contribution in [0.2, 0.25) is 0 Å². The maximum Gasteiger partial charge on any atom is 0.418 e. The van der Waals surface area contributed by atoms with Gasteiger partial charge in [-0.25, -0.2) is 5.84 Å². The molecule has 0 aliphatic rings. The third-order valence-electron chi connectivity index (χ3n) is 2.23. The van der Waals surface area contributed by atoms with E-state index in [1.165, 1.54) is 19.2 Å². The van der Waals surface area contributed by atoms with E-state index in [2.05, 4.69) is 5.32 Å². The number of nitrogens with one attached hydrogen (secondary N) is 1. The quantitative estimate of drug-likeness (QED) is 0.511. The molecule has 0 aliphatic carbocycles. The zero-order valence-electron chi connectivity index (χ0n) is 11.3.